The molecule has 1 amide bonds. The molecule has 2 heterocycles. The zero-order chi connectivity index (χ0) is 23.2. The van der Waals surface area contributed by atoms with Crippen LogP contribution in [0.1, 0.15) is 75.5 Å². The van der Waals surface area contributed by atoms with Crippen molar-refractivity contribution in [2.24, 2.45) is 11.7 Å². The van der Waals surface area contributed by atoms with Crippen LogP contribution < -0.4 is 10.7 Å². The van der Waals surface area contributed by atoms with Gasteiger partial charge in [0.05, 0.1) is 11.1 Å². The number of nitrogens with one attached hydrogen (secondary N) is 1. The summed E-state index contributed by atoms with van der Waals surface area (Å²) in [6.45, 7) is 4.52. The molecule has 5 nitrogen and oxygen atoms in total. The summed E-state index contributed by atoms with van der Waals surface area (Å²) >= 11 is 0. The van der Waals surface area contributed by atoms with E-state index in [1.165, 1.54) is 24.8 Å². The fraction of sp³-hybridized carbons (Fsp3) is 0.500. The summed E-state index contributed by atoms with van der Waals surface area (Å²) in [6.07, 6.45) is 8.60. The third-order valence-electron chi connectivity index (χ3n) is 8.38. The first-order chi connectivity index (χ1) is 15.9. The number of anilines is 1. The van der Waals surface area contributed by atoms with E-state index in [4.69, 9.17) is 11.1 Å². The Labute approximate surface area is 197 Å². The van der Waals surface area contributed by atoms with Crippen LogP contribution in [-0.4, -0.2) is 28.8 Å². The number of benzene rings is 2. The summed E-state index contributed by atoms with van der Waals surface area (Å²) in [5, 5.41) is 12.4. The van der Waals surface area contributed by atoms with Crippen LogP contribution in [0.15, 0.2) is 48.5 Å². The van der Waals surface area contributed by atoms with Gasteiger partial charge in [-0.05, 0) is 75.1 Å². The quantitative estimate of drug-likeness (QED) is 0.505. The van der Waals surface area contributed by atoms with Gasteiger partial charge in [0.15, 0.2) is 0 Å². The third kappa shape index (κ3) is 3.57. The molecule has 3 N–H and O–H groups in total. The standard InChI is InChI=1S/C28H36N4O/c1-19-9-7-10-20(2)31(19)32-25-16-6-3-11-22(25)18-28(27(32)33,23-13-4-5-14-23)24-15-8-12-21(17-24)26(29)30/h3,6,8,11-12,15-17,19-20,23H,4-5,7,9-10,13-14,18H2,1-2H3,(H3,29,30). The van der Waals surface area contributed by atoms with Crippen LogP contribution in [0.5, 0.6) is 0 Å². The lowest BCUT2D eigenvalue weighted by Crippen LogP contribution is -2.65. The molecular weight excluding hydrogens is 408 g/mol. The molecule has 2 aromatic carbocycles. The number of carbonyl (C=O) groups is 1. The summed E-state index contributed by atoms with van der Waals surface area (Å²) in [5.74, 6) is 0.546. The first-order valence-electron chi connectivity index (χ1n) is 12.6. The minimum absolute atomic E-state index is 0.0530. The summed E-state index contributed by atoms with van der Waals surface area (Å²) in [5.41, 5.74) is 9.24. The minimum atomic E-state index is -0.632. The molecule has 2 aliphatic heterocycles. The molecule has 2 fully saturated rings. The zero-order valence-corrected chi connectivity index (χ0v) is 19.9. The van der Waals surface area contributed by atoms with Crippen LogP contribution in [0.3, 0.4) is 0 Å². The fourth-order valence-corrected chi connectivity index (χ4v) is 6.74. The molecule has 1 saturated heterocycles. The van der Waals surface area contributed by atoms with Crippen LogP contribution in [0.25, 0.3) is 0 Å². The fourth-order valence-electron chi connectivity index (χ4n) is 6.74. The highest BCUT2D eigenvalue weighted by molar-refractivity contribution is 6.04. The van der Waals surface area contributed by atoms with Crippen molar-refractivity contribution in [1.29, 1.82) is 5.41 Å². The number of hydrogen-bond donors (Lipinski definition) is 2. The number of hydrogen-bond acceptors (Lipinski definition) is 3. The van der Waals surface area contributed by atoms with Crippen molar-refractivity contribution >= 4 is 17.4 Å². The summed E-state index contributed by atoms with van der Waals surface area (Å²) < 4.78 is 0. The average Bonchev–Trinajstić information content (AvgIpc) is 3.35. The molecule has 3 atom stereocenters. The Hall–Kier alpha value is -2.66. The number of amides is 1. The Bertz CT molecular complexity index is 1050. The highest BCUT2D eigenvalue weighted by Gasteiger charge is 2.55. The first kappa shape index (κ1) is 22.1. The molecule has 1 aliphatic carbocycles. The number of carbonyl (C=O) groups excluding carboxylic acids is 1. The molecule has 0 radical (unpaired) electrons. The van der Waals surface area contributed by atoms with E-state index in [0.29, 0.717) is 30.0 Å². The molecule has 3 unspecified atom stereocenters. The van der Waals surface area contributed by atoms with Crippen molar-refractivity contribution in [2.45, 2.75) is 82.7 Å². The maximum absolute atomic E-state index is 14.9. The van der Waals surface area contributed by atoms with E-state index in [-0.39, 0.29) is 11.7 Å². The van der Waals surface area contributed by atoms with E-state index in [1.54, 1.807) is 0 Å². The van der Waals surface area contributed by atoms with Gasteiger partial charge in [-0.2, -0.15) is 0 Å². The Morgan fingerprint density at radius 2 is 1.67 bits per heavy atom. The number of nitrogen functional groups attached to an aromatic ring is 1. The minimum Gasteiger partial charge on any atom is -0.384 e. The lowest BCUT2D eigenvalue weighted by atomic mass is 9.63. The number of fused-ring (bicyclic) bond motifs is 1. The molecule has 5 heteroatoms. The van der Waals surface area contributed by atoms with Crippen LogP contribution in [0.4, 0.5) is 5.69 Å². The highest BCUT2D eigenvalue weighted by Crippen LogP contribution is 2.51. The SMILES string of the molecule is CC1CCCC(C)N1N1C(=O)C(c2cccc(C(=N)N)c2)(C2CCCC2)Cc2ccccc21. The molecule has 2 aromatic rings. The number of hydrazine groups is 1. The molecule has 1 saturated carbocycles. The Kier molecular flexibility index (Phi) is 5.77. The topological polar surface area (TPSA) is 73.4 Å². The molecule has 5 rings (SSSR count). The van der Waals surface area contributed by atoms with Gasteiger partial charge in [0.2, 0.25) is 0 Å². The maximum atomic E-state index is 14.9. The second kappa shape index (κ2) is 8.60. The van der Waals surface area contributed by atoms with Crippen molar-refractivity contribution in [2.75, 3.05) is 5.01 Å². The summed E-state index contributed by atoms with van der Waals surface area (Å²) in [7, 11) is 0. The van der Waals surface area contributed by atoms with Gasteiger partial charge >= 0.3 is 0 Å². The largest absolute Gasteiger partial charge is 0.384 e. The lowest BCUT2D eigenvalue weighted by Gasteiger charge is -2.53. The molecular formula is C28H36N4O. The van der Waals surface area contributed by atoms with Crippen molar-refractivity contribution in [3.63, 3.8) is 0 Å². The van der Waals surface area contributed by atoms with Gasteiger partial charge in [-0.15, -0.1) is 0 Å². The van der Waals surface area contributed by atoms with E-state index in [2.05, 4.69) is 54.2 Å². The number of piperidine rings is 1. The first-order valence-corrected chi connectivity index (χ1v) is 12.6. The molecule has 33 heavy (non-hydrogen) atoms. The van der Waals surface area contributed by atoms with Gasteiger partial charge in [0.1, 0.15) is 5.84 Å². The van der Waals surface area contributed by atoms with Crippen molar-refractivity contribution in [3.8, 4) is 0 Å². The van der Waals surface area contributed by atoms with E-state index in [9.17, 15) is 4.79 Å². The smallest absolute Gasteiger partial charge is 0.252 e. The van der Waals surface area contributed by atoms with Gasteiger partial charge in [-0.3, -0.25) is 10.2 Å². The normalized spacial score (nSPS) is 28.7. The lowest BCUT2D eigenvalue weighted by molar-refractivity contribution is -0.132. The summed E-state index contributed by atoms with van der Waals surface area (Å²) in [4.78, 5) is 14.9. The second-order valence-electron chi connectivity index (χ2n) is 10.4. The van der Waals surface area contributed by atoms with Crippen LogP contribution >= 0.6 is 0 Å². The van der Waals surface area contributed by atoms with Gasteiger partial charge < -0.3 is 5.73 Å². The molecule has 3 aliphatic rings. The second-order valence-corrected chi connectivity index (χ2v) is 10.4. The number of para-hydroxylation sites is 1. The van der Waals surface area contributed by atoms with E-state index in [1.807, 2.05) is 18.2 Å². The van der Waals surface area contributed by atoms with Gasteiger partial charge in [-0.1, -0.05) is 55.7 Å². The molecule has 0 aromatic heterocycles. The Balaban J connectivity index is 1.72. The maximum Gasteiger partial charge on any atom is 0.252 e. The highest BCUT2D eigenvalue weighted by atomic mass is 16.2. The van der Waals surface area contributed by atoms with E-state index in [0.717, 1.165) is 36.9 Å². The van der Waals surface area contributed by atoms with Crippen molar-refractivity contribution in [1.82, 2.24) is 5.01 Å². The number of nitrogens with zero attached hydrogens (tertiary/aromatic N) is 2. The number of nitrogens with two attached hydrogens (primary N) is 1. The average molecular weight is 445 g/mol. The predicted octanol–water partition coefficient (Wildman–Crippen LogP) is 5.17. The van der Waals surface area contributed by atoms with Crippen molar-refractivity contribution < 1.29 is 4.79 Å². The van der Waals surface area contributed by atoms with E-state index < -0.39 is 5.41 Å². The zero-order valence-electron chi connectivity index (χ0n) is 19.9. The molecule has 0 bridgehead atoms. The van der Waals surface area contributed by atoms with E-state index >= 15 is 0 Å². The molecule has 0 spiro atoms. The monoisotopic (exact) mass is 444 g/mol. The summed E-state index contributed by atoms with van der Waals surface area (Å²) in [6, 6.07) is 17.0. The van der Waals surface area contributed by atoms with Gasteiger partial charge in [0, 0.05) is 17.6 Å². The number of amidine groups is 1. The third-order valence-corrected chi connectivity index (χ3v) is 8.38. The number of rotatable bonds is 4. The van der Waals surface area contributed by atoms with Crippen molar-refractivity contribution in [3.05, 3.63) is 65.2 Å². The van der Waals surface area contributed by atoms with Crippen LogP contribution in [0.2, 0.25) is 0 Å². The Morgan fingerprint density at radius 3 is 2.36 bits per heavy atom. The van der Waals surface area contributed by atoms with Gasteiger partial charge in [0.25, 0.3) is 5.91 Å². The van der Waals surface area contributed by atoms with Gasteiger partial charge in [-0.25, -0.2) is 10.0 Å². The molecule has 174 valence electrons. The van der Waals surface area contributed by atoms with Crippen LogP contribution in [0, 0.1) is 11.3 Å². The predicted molar refractivity (Wildman–Crippen MR) is 133 cm³/mol. The van der Waals surface area contributed by atoms with Crippen LogP contribution in [-0.2, 0) is 16.6 Å². The Morgan fingerprint density at radius 1 is 0.970 bits per heavy atom.